The molecule has 19 heavy (non-hydrogen) atoms. The molecule has 1 N–H and O–H groups in total. The van der Waals surface area contributed by atoms with E-state index in [1.807, 2.05) is 0 Å². The van der Waals surface area contributed by atoms with E-state index >= 15 is 0 Å². The summed E-state index contributed by atoms with van der Waals surface area (Å²) in [5.74, 6) is 0.361. The summed E-state index contributed by atoms with van der Waals surface area (Å²) >= 11 is 8.57. The second-order valence-corrected chi connectivity index (χ2v) is 5.26. The SMILES string of the molecule is COCc1[nH]c(-c2ccc(F)c(C)c2)nc(=S)c1Br. The lowest BCUT2D eigenvalue weighted by Crippen LogP contribution is -2.00. The number of aromatic amines is 1. The molecular formula is C13H12BrFN2OS. The molecule has 0 spiro atoms. The van der Waals surface area contributed by atoms with E-state index < -0.39 is 0 Å². The van der Waals surface area contributed by atoms with Crippen LogP contribution in [-0.4, -0.2) is 17.1 Å². The number of aromatic nitrogens is 2. The summed E-state index contributed by atoms with van der Waals surface area (Å²) in [5.41, 5.74) is 2.16. The van der Waals surface area contributed by atoms with Crippen LogP contribution < -0.4 is 0 Å². The van der Waals surface area contributed by atoms with Crippen molar-refractivity contribution >= 4 is 28.1 Å². The molecular weight excluding hydrogens is 331 g/mol. The number of nitrogens with zero attached hydrogens (tertiary/aromatic N) is 1. The average Bonchev–Trinajstić information content (AvgIpc) is 2.38. The highest BCUT2D eigenvalue weighted by molar-refractivity contribution is 9.10. The lowest BCUT2D eigenvalue weighted by molar-refractivity contribution is 0.181. The quantitative estimate of drug-likeness (QED) is 0.851. The zero-order valence-corrected chi connectivity index (χ0v) is 12.9. The number of hydrogen-bond acceptors (Lipinski definition) is 3. The fourth-order valence-corrected chi connectivity index (χ4v) is 2.19. The van der Waals surface area contributed by atoms with Crippen molar-refractivity contribution in [1.29, 1.82) is 0 Å². The molecule has 0 amide bonds. The normalized spacial score (nSPS) is 10.7. The van der Waals surface area contributed by atoms with Gasteiger partial charge in [-0.3, -0.25) is 0 Å². The fraction of sp³-hybridized carbons (Fsp3) is 0.231. The highest BCUT2D eigenvalue weighted by atomic mass is 79.9. The largest absolute Gasteiger partial charge is 0.378 e. The molecule has 0 fully saturated rings. The second-order valence-electron chi connectivity index (χ2n) is 4.08. The van der Waals surface area contributed by atoms with E-state index in [0.717, 1.165) is 11.3 Å². The highest BCUT2D eigenvalue weighted by Gasteiger charge is 2.09. The van der Waals surface area contributed by atoms with Gasteiger partial charge in [-0.25, -0.2) is 9.37 Å². The fourth-order valence-electron chi connectivity index (χ4n) is 1.68. The van der Waals surface area contributed by atoms with E-state index in [4.69, 9.17) is 17.0 Å². The third-order valence-corrected chi connectivity index (χ3v) is 4.07. The Hall–Kier alpha value is -1.11. The minimum Gasteiger partial charge on any atom is -0.378 e. The Morgan fingerprint density at radius 2 is 2.21 bits per heavy atom. The van der Waals surface area contributed by atoms with Gasteiger partial charge in [0.05, 0.1) is 16.8 Å². The Kier molecular flexibility index (Phi) is 4.44. The van der Waals surface area contributed by atoms with E-state index in [2.05, 4.69) is 25.9 Å². The van der Waals surface area contributed by atoms with Gasteiger partial charge in [-0.2, -0.15) is 0 Å². The molecule has 0 aliphatic rings. The average molecular weight is 343 g/mol. The van der Waals surface area contributed by atoms with Crippen LogP contribution >= 0.6 is 28.1 Å². The van der Waals surface area contributed by atoms with Crippen LogP contribution in [0.25, 0.3) is 11.4 Å². The number of hydrogen-bond donors (Lipinski definition) is 1. The second kappa shape index (κ2) is 5.90. The minimum atomic E-state index is -0.239. The van der Waals surface area contributed by atoms with Crippen LogP contribution in [0.4, 0.5) is 4.39 Å². The predicted octanol–water partition coefficient (Wildman–Crippen LogP) is 4.16. The van der Waals surface area contributed by atoms with Gasteiger partial charge in [-0.05, 0) is 46.6 Å². The van der Waals surface area contributed by atoms with Crippen molar-refractivity contribution in [2.75, 3.05) is 7.11 Å². The van der Waals surface area contributed by atoms with E-state index in [0.29, 0.717) is 27.1 Å². The molecule has 0 saturated carbocycles. The van der Waals surface area contributed by atoms with Crippen LogP contribution in [0.5, 0.6) is 0 Å². The Morgan fingerprint density at radius 1 is 1.47 bits per heavy atom. The van der Waals surface area contributed by atoms with Crippen LogP contribution in [0.3, 0.4) is 0 Å². The van der Waals surface area contributed by atoms with Gasteiger partial charge < -0.3 is 9.72 Å². The third kappa shape index (κ3) is 3.08. The number of rotatable bonds is 3. The summed E-state index contributed by atoms with van der Waals surface area (Å²) in [6.07, 6.45) is 0. The number of halogens is 2. The molecule has 1 aromatic carbocycles. The summed E-state index contributed by atoms with van der Waals surface area (Å²) in [6.45, 7) is 2.10. The summed E-state index contributed by atoms with van der Waals surface area (Å²) in [4.78, 5) is 7.44. The van der Waals surface area contributed by atoms with Gasteiger partial charge >= 0.3 is 0 Å². The first-order valence-electron chi connectivity index (χ1n) is 5.57. The molecule has 0 unspecified atom stereocenters. The molecule has 3 nitrogen and oxygen atoms in total. The maximum absolute atomic E-state index is 13.3. The van der Waals surface area contributed by atoms with Crippen LogP contribution in [0, 0.1) is 17.4 Å². The molecule has 2 aromatic rings. The lowest BCUT2D eigenvalue weighted by atomic mass is 10.1. The van der Waals surface area contributed by atoms with Gasteiger partial charge in [-0.1, -0.05) is 12.2 Å². The summed E-state index contributed by atoms with van der Waals surface area (Å²) < 4.78 is 19.5. The van der Waals surface area contributed by atoms with Gasteiger partial charge in [0, 0.05) is 12.7 Å². The molecule has 0 aliphatic heterocycles. The van der Waals surface area contributed by atoms with Gasteiger partial charge in [0.25, 0.3) is 0 Å². The van der Waals surface area contributed by atoms with E-state index in [9.17, 15) is 4.39 Å². The van der Waals surface area contributed by atoms with Crippen molar-refractivity contribution in [2.24, 2.45) is 0 Å². The van der Waals surface area contributed by atoms with Gasteiger partial charge in [0.15, 0.2) is 0 Å². The molecule has 0 atom stereocenters. The number of methoxy groups -OCH3 is 1. The van der Waals surface area contributed by atoms with Crippen molar-refractivity contribution in [1.82, 2.24) is 9.97 Å². The molecule has 0 radical (unpaired) electrons. The number of nitrogens with one attached hydrogen (secondary N) is 1. The minimum absolute atomic E-state index is 0.239. The Labute approximate surface area is 124 Å². The van der Waals surface area contributed by atoms with Crippen molar-refractivity contribution in [3.63, 3.8) is 0 Å². The first kappa shape index (κ1) is 14.3. The number of H-pyrrole nitrogens is 1. The number of benzene rings is 1. The van der Waals surface area contributed by atoms with Crippen LogP contribution in [-0.2, 0) is 11.3 Å². The van der Waals surface area contributed by atoms with Crippen LogP contribution in [0.2, 0.25) is 0 Å². The zero-order chi connectivity index (χ0) is 14.0. The predicted molar refractivity (Wildman–Crippen MR) is 78.0 cm³/mol. The molecule has 1 aromatic heterocycles. The van der Waals surface area contributed by atoms with E-state index in [1.165, 1.54) is 6.07 Å². The van der Waals surface area contributed by atoms with Crippen molar-refractivity contribution in [3.05, 3.63) is 44.4 Å². The molecule has 0 saturated heterocycles. The summed E-state index contributed by atoms with van der Waals surface area (Å²) in [7, 11) is 1.60. The maximum atomic E-state index is 13.3. The monoisotopic (exact) mass is 342 g/mol. The molecule has 0 aliphatic carbocycles. The summed E-state index contributed by atoms with van der Waals surface area (Å²) in [5, 5.41) is 0. The Bertz CT molecular complexity index is 672. The van der Waals surface area contributed by atoms with Crippen LogP contribution in [0.1, 0.15) is 11.3 Å². The molecule has 6 heteroatoms. The Balaban J connectivity index is 2.56. The lowest BCUT2D eigenvalue weighted by Gasteiger charge is -2.08. The number of ether oxygens (including phenoxy) is 1. The third-order valence-electron chi connectivity index (χ3n) is 2.66. The van der Waals surface area contributed by atoms with Gasteiger partial charge in [-0.15, -0.1) is 0 Å². The topological polar surface area (TPSA) is 37.9 Å². The molecule has 2 rings (SSSR count). The van der Waals surface area contributed by atoms with E-state index in [1.54, 1.807) is 26.2 Å². The smallest absolute Gasteiger partial charge is 0.144 e. The molecule has 100 valence electrons. The summed E-state index contributed by atoms with van der Waals surface area (Å²) in [6, 6.07) is 4.81. The van der Waals surface area contributed by atoms with E-state index in [-0.39, 0.29) is 5.82 Å². The zero-order valence-electron chi connectivity index (χ0n) is 10.5. The van der Waals surface area contributed by atoms with Crippen molar-refractivity contribution < 1.29 is 9.13 Å². The standard InChI is InChI=1S/C13H12BrFN2OS/c1-7-5-8(3-4-9(7)15)12-16-10(6-18-2)11(14)13(19)17-12/h3-5H,6H2,1-2H3,(H,16,17,19). The maximum Gasteiger partial charge on any atom is 0.144 e. The number of aryl methyl sites for hydroxylation is 1. The molecule has 1 heterocycles. The molecule has 0 bridgehead atoms. The Morgan fingerprint density at radius 3 is 2.84 bits per heavy atom. The van der Waals surface area contributed by atoms with Gasteiger partial charge in [0.1, 0.15) is 16.3 Å². The first-order chi connectivity index (χ1) is 9.02. The first-order valence-corrected chi connectivity index (χ1v) is 6.77. The van der Waals surface area contributed by atoms with Gasteiger partial charge in [0.2, 0.25) is 0 Å². The van der Waals surface area contributed by atoms with Crippen molar-refractivity contribution in [2.45, 2.75) is 13.5 Å². The highest BCUT2D eigenvalue weighted by Crippen LogP contribution is 2.23. The van der Waals surface area contributed by atoms with Crippen molar-refractivity contribution in [3.8, 4) is 11.4 Å². The van der Waals surface area contributed by atoms with Crippen LogP contribution in [0.15, 0.2) is 22.7 Å².